The van der Waals surface area contributed by atoms with Crippen molar-refractivity contribution in [3.8, 4) is 0 Å². The summed E-state index contributed by atoms with van der Waals surface area (Å²) < 4.78 is 0. The van der Waals surface area contributed by atoms with Crippen molar-refractivity contribution in [1.29, 1.82) is 0 Å². The van der Waals surface area contributed by atoms with Gasteiger partial charge in [-0.25, -0.2) is 0 Å². The average Bonchev–Trinajstić information content (AvgIpc) is 2.08. The molecule has 0 aliphatic carbocycles. The monoisotopic (exact) mass is 158 g/mol. The van der Waals surface area contributed by atoms with Gasteiger partial charge in [0, 0.05) is 5.70 Å². The highest BCUT2D eigenvalue weighted by Crippen LogP contribution is 1.71. The highest BCUT2D eigenvalue weighted by Gasteiger charge is 1.60. The molecule has 0 aromatic carbocycles. The maximum atomic E-state index is 5.15. The molecule has 0 bridgehead atoms. The highest BCUT2D eigenvalue weighted by molar-refractivity contribution is 4.86. The van der Waals surface area contributed by atoms with Gasteiger partial charge in [-0.05, 0) is 27.0 Å². The molecular weight excluding hydrogens is 136 g/mol. The van der Waals surface area contributed by atoms with Gasteiger partial charge in [0.05, 0.1) is 0 Å². The van der Waals surface area contributed by atoms with Crippen LogP contribution < -0.4 is 11.5 Å². The molecule has 0 saturated carbocycles. The minimum absolute atomic E-state index is 0.880. The van der Waals surface area contributed by atoms with Crippen LogP contribution in [-0.2, 0) is 0 Å². The SMILES string of the molecule is C/C=C(/C)N.C/C=C\N.CC. The number of hydrogen-bond donors (Lipinski definition) is 2. The van der Waals surface area contributed by atoms with E-state index in [1.54, 1.807) is 6.08 Å². The average molecular weight is 158 g/mol. The van der Waals surface area contributed by atoms with E-state index in [0.29, 0.717) is 0 Å². The van der Waals surface area contributed by atoms with Crippen molar-refractivity contribution in [2.24, 2.45) is 11.5 Å². The van der Waals surface area contributed by atoms with Crippen LogP contribution in [0.25, 0.3) is 0 Å². The molecule has 0 heterocycles. The summed E-state index contributed by atoms with van der Waals surface area (Å²) in [6.07, 6.45) is 5.14. The van der Waals surface area contributed by atoms with Gasteiger partial charge in [-0.15, -0.1) is 0 Å². The third-order valence-corrected chi connectivity index (χ3v) is 0.648. The second-order valence-electron chi connectivity index (χ2n) is 1.56. The minimum atomic E-state index is 0.880. The Hall–Kier alpha value is -0.920. The van der Waals surface area contributed by atoms with Crippen LogP contribution in [0, 0.1) is 0 Å². The second-order valence-corrected chi connectivity index (χ2v) is 1.56. The van der Waals surface area contributed by atoms with Gasteiger partial charge in [0.15, 0.2) is 0 Å². The summed E-state index contributed by atoms with van der Waals surface area (Å²) >= 11 is 0. The first-order valence-corrected chi connectivity index (χ1v) is 3.90. The lowest BCUT2D eigenvalue weighted by Crippen LogP contribution is -1.86. The van der Waals surface area contributed by atoms with E-state index in [1.165, 1.54) is 6.20 Å². The molecular formula is C9H22N2. The Morgan fingerprint density at radius 3 is 1.36 bits per heavy atom. The van der Waals surface area contributed by atoms with Gasteiger partial charge in [-0.2, -0.15) is 0 Å². The Kier molecular flexibility index (Phi) is 34.6. The van der Waals surface area contributed by atoms with Crippen LogP contribution in [0.4, 0.5) is 0 Å². The maximum Gasteiger partial charge on any atom is 0.000552 e. The lowest BCUT2D eigenvalue weighted by Gasteiger charge is -1.76. The Morgan fingerprint density at radius 2 is 1.36 bits per heavy atom. The molecule has 4 N–H and O–H groups in total. The van der Waals surface area contributed by atoms with Crippen LogP contribution in [0.5, 0.6) is 0 Å². The molecule has 0 atom stereocenters. The van der Waals surface area contributed by atoms with Crippen molar-refractivity contribution in [3.63, 3.8) is 0 Å². The van der Waals surface area contributed by atoms with Gasteiger partial charge in [-0.1, -0.05) is 26.0 Å². The number of rotatable bonds is 0. The molecule has 0 radical (unpaired) electrons. The number of hydrogen-bond acceptors (Lipinski definition) is 2. The number of allylic oxidation sites excluding steroid dienone is 3. The predicted molar refractivity (Wildman–Crippen MR) is 54.0 cm³/mol. The minimum Gasteiger partial charge on any atom is -0.405 e. The van der Waals surface area contributed by atoms with Crippen molar-refractivity contribution in [3.05, 3.63) is 24.0 Å². The van der Waals surface area contributed by atoms with Crippen LogP contribution in [0.1, 0.15) is 34.6 Å². The van der Waals surface area contributed by atoms with Crippen molar-refractivity contribution >= 4 is 0 Å². The topological polar surface area (TPSA) is 52.0 Å². The molecule has 0 spiro atoms. The normalized spacial score (nSPS) is 9.36. The van der Waals surface area contributed by atoms with Crippen LogP contribution in [0.3, 0.4) is 0 Å². The molecule has 11 heavy (non-hydrogen) atoms. The fourth-order valence-electron chi connectivity index (χ4n) is 0. The maximum absolute atomic E-state index is 5.15. The fourth-order valence-corrected chi connectivity index (χ4v) is 0. The zero-order chi connectivity index (χ0) is 9.70. The zero-order valence-corrected chi connectivity index (χ0v) is 8.39. The standard InChI is InChI=1S/C4H9N.C3H7N.C2H6/c1-3-4(2)5;1-2-3-4;1-2/h3H,5H2,1-2H3;2-3H,4H2,1H3;1-2H3/b4-3-;3-2-;. The Bertz CT molecular complexity index is 85.7. The molecule has 0 fully saturated rings. The van der Waals surface area contributed by atoms with Gasteiger partial charge >= 0.3 is 0 Å². The summed E-state index contributed by atoms with van der Waals surface area (Å²) in [5.74, 6) is 0. The highest BCUT2D eigenvalue weighted by atomic mass is 14.5. The largest absolute Gasteiger partial charge is 0.405 e. The molecule has 2 heteroatoms. The zero-order valence-electron chi connectivity index (χ0n) is 8.39. The van der Waals surface area contributed by atoms with E-state index < -0.39 is 0 Å². The van der Waals surface area contributed by atoms with Crippen molar-refractivity contribution < 1.29 is 0 Å². The van der Waals surface area contributed by atoms with E-state index in [2.05, 4.69) is 0 Å². The molecule has 2 nitrogen and oxygen atoms in total. The van der Waals surface area contributed by atoms with E-state index in [0.717, 1.165) is 5.70 Å². The van der Waals surface area contributed by atoms with Crippen LogP contribution >= 0.6 is 0 Å². The summed E-state index contributed by atoms with van der Waals surface area (Å²) in [5, 5.41) is 0. The van der Waals surface area contributed by atoms with E-state index in [4.69, 9.17) is 11.5 Å². The Labute approximate surface area is 71.0 Å². The Morgan fingerprint density at radius 1 is 1.18 bits per heavy atom. The summed E-state index contributed by atoms with van der Waals surface area (Å²) in [5.41, 5.74) is 10.9. The summed E-state index contributed by atoms with van der Waals surface area (Å²) in [7, 11) is 0. The van der Waals surface area contributed by atoms with Crippen LogP contribution in [-0.4, -0.2) is 0 Å². The van der Waals surface area contributed by atoms with E-state index in [1.807, 2.05) is 40.7 Å². The third kappa shape index (κ3) is 105. The van der Waals surface area contributed by atoms with E-state index in [9.17, 15) is 0 Å². The van der Waals surface area contributed by atoms with E-state index >= 15 is 0 Å². The van der Waals surface area contributed by atoms with Crippen molar-refractivity contribution in [1.82, 2.24) is 0 Å². The Balaban J connectivity index is -0.0000000965. The smallest absolute Gasteiger partial charge is 0.000552 e. The summed E-state index contributed by atoms with van der Waals surface area (Å²) in [6, 6.07) is 0. The number of nitrogens with two attached hydrogens (primary N) is 2. The van der Waals surface area contributed by atoms with Gasteiger partial charge in [0.1, 0.15) is 0 Å². The summed E-state index contributed by atoms with van der Waals surface area (Å²) in [4.78, 5) is 0. The lowest BCUT2D eigenvalue weighted by atomic mass is 10.5. The van der Waals surface area contributed by atoms with Crippen molar-refractivity contribution in [2.75, 3.05) is 0 Å². The molecule has 0 amide bonds. The summed E-state index contributed by atoms with van der Waals surface area (Å²) in [6.45, 7) is 9.65. The second kappa shape index (κ2) is 23.0. The van der Waals surface area contributed by atoms with Gasteiger partial charge in [-0.3, -0.25) is 0 Å². The van der Waals surface area contributed by atoms with Gasteiger partial charge in [0.25, 0.3) is 0 Å². The van der Waals surface area contributed by atoms with Gasteiger partial charge in [0.2, 0.25) is 0 Å². The molecule has 0 aliphatic heterocycles. The molecule has 0 unspecified atom stereocenters. The van der Waals surface area contributed by atoms with Crippen LogP contribution in [0.15, 0.2) is 24.0 Å². The van der Waals surface area contributed by atoms with Crippen LogP contribution in [0.2, 0.25) is 0 Å². The molecule has 0 aliphatic rings. The first kappa shape index (κ1) is 16.6. The molecule has 0 aromatic rings. The quantitative estimate of drug-likeness (QED) is 0.568. The lowest BCUT2D eigenvalue weighted by molar-refractivity contribution is 1.29. The van der Waals surface area contributed by atoms with Crippen molar-refractivity contribution in [2.45, 2.75) is 34.6 Å². The fraction of sp³-hybridized carbons (Fsp3) is 0.556. The molecule has 0 aromatic heterocycles. The first-order chi connectivity index (χ1) is 5.18. The molecule has 0 saturated heterocycles. The third-order valence-electron chi connectivity index (χ3n) is 0.648. The molecule has 68 valence electrons. The molecule has 0 rings (SSSR count). The van der Waals surface area contributed by atoms with Gasteiger partial charge < -0.3 is 11.5 Å². The predicted octanol–water partition coefficient (Wildman–Crippen LogP) is 2.37. The first-order valence-electron chi connectivity index (χ1n) is 3.90. The van der Waals surface area contributed by atoms with E-state index in [-0.39, 0.29) is 0 Å².